The number of nitrogens with zero attached hydrogens (tertiary/aromatic N) is 4. The van der Waals surface area contributed by atoms with Gasteiger partial charge in [-0.05, 0) is 28.8 Å². The van der Waals surface area contributed by atoms with E-state index in [0.717, 1.165) is 5.06 Å². The number of imidazole rings is 1. The van der Waals surface area contributed by atoms with Crippen LogP contribution < -0.4 is 0 Å². The van der Waals surface area contributed by atoms with Gasteiger partial charge in [0.2, 0.25) is 0 Å². The van der Waals surface area contributed by atoms with Gasteiger partial charge in [-0.15, -0.1) is 5.06 Å². The Bertz CT molecular complexity index is 718. The molecule has 0 bridgehead atoms. The Balaban J connectivity index is 1.84. The third-order valence-electron chi connectivity index (χ3n) is 3.31. The molecule has 3 rings (SSSR count). The molecule has 0 aliphatic carbocycles. The molecule has 0 saturated carbocycles. The molecular weight excluding hydrogens is 369 g/mol. The third kappa shape index (κ3) is 2.93. The predicted octanol–water partition coefficient (Wildman–Crippen LogP) is 2.65. The van der Waals surface area contributed by atoms with Crippen LogP contribution in [0.15, 0.2) is 23.2 Å². The van der Waals surface area contributed by atoms with Crippen molar-refractivity contribution in [2.45, 2.75) is 25.1 Å². The number of carbonyl (C=O) groups is 1. The van der Waals surface area contributed by atoms with Crippen molar-refractivity contribution < 1.29 is 22.8 Å². The van der Waals surface area contributed by atoms with Crippen LogP contribution in [0.3, 0.4) is 0 Å². The smallest absolute Gasteiger partial charge is 0.360 e. The standard InChI is InChI=1S/C12H10BrF3N4O2/c13-9-6-19-5-7(18-10(19)4-17-9)8-2-1-3-20(8)22-11(21)12(14,15)16/h4-6,8H,1-3H2. The lowest BCUT2D eigenvalue weighted by molar-refractivity contribution is -0.242. The molecule has 118 valence electrons. The highest BCUT2D eigenvalue weighted by Gasteiger charge is 2.44. The van der Waals surface area contributed by atoms with Crippen molar-refractivity contribution >= 4 is 27.5 Å². The molecule has 10 heteroatoms. The quantitative estimate of drug-likeness (QED) is 0.803. The van der Waals surface area contributed by atoms with Crippen molar-refractivity contribution in [3.63, 3.8) is 0 Å². The van der Waals surface area contributed by atoms with Crippen molar-refractivity contribution in [2.75, 3.05) is 6.54 Å². The van der Waals surface area contributed by atoms with Gasteiger partial charge < -0.3 is 9.24 Å². The third-order valence-corrected chi connectivity index (χ3v) is 3.71. The Morgan fingerprint density at radius 3 is 2.91 bits per heavy atom. The van der Waals surface area contributed by atoms with E-state index in [-0.39, 0.29) is 6.54 Å². The fourth-order valence-electron chi connectivity index (χ4n) is 2.36. The second-order valence-corrected chi connectivity index (χ2v) is 5.63. The molecule has 2 aromatic rings. The van der Waals surface area contributed by atoms with Gasteiger partial charge in [0, 0.05) is 18.9 Å². The van der Waals surface area contributed by atoms with E-state index >= 15 is 0 Å². The molecule has 1 atom stereocenters. The second-order valence-electron chi connectivity index (χ2n) is 4.82. The molecule has 0 radical (unpaired) electrons. The molecule has 1 aliphatic rings. The van der Waals surface area contributed by atoms with Crippen molar-refractivity contribution in [2.24, 2.45) is 0 Å². The Labute approximate surface area is 131 Å². The first kappa shape index (κ1) is 15.2. The van der Waals surface area contributed by atoms with Gasteiger partial charge in [0.25, 0.3) is 0 Å². The zero-order valence-corrected chi connectivity index (χ0v) is 12.6. The lowest BCUT2D eigenvalue weighted by atomic mass is 10.2. The van der Waals surface area contributed by atoms with Crippen LogP contribution in [0.5, 0.6) is 0 Å². The summed E-state index contributed by atoms with van der Waals surface area (Å²) < 4.78 is 39.2. The second kappa shape index (κ2) is 5.51. The van der Waals surface area contributed by atoms with Crippen LogP contribution in [0, 0.1) is 0 Å². The van der Waals surface area contributed by atoms with Crippen LogP contribution in [-0.4, -0.2) is 38.1 Å². The minimum Gasteiger partial charge on any atom is -0.360 e. The van der Waals surface area contributed by atoms with Gasteiger partial charge >= 0.3 is 12.1 Å². The predicted molar refractivity (Wildman–Crippen MR) is 71.5 cm³/mol. The number of hydroxylamine groups is 2. The molecule has 2 aromatic heterocycles. The summed E-state index contributed by atoms with van der Waals surface area (Å²) in [6.45, 7) is 0.238. The van der Waals surface area contributed by atoms with Crippen molar-refractivity contribution in [1.29, 1.82) is 0 Å². The minimum absolute atomic E-state index is 0.238. The van der Waals surface area contributed by atoms with Crippen molar-refractivity contribution in [1.82, 2.24) is 19.4 Å². The van der Waals surface area contributed by atoms with Gasteiger partial charge in [0.05, 0.1) is 17.9 Å². The van der Waals surface area contributed by atoms with Gasteiger partial charge in [-0.25, -0.2) is 14.8 Å². The highest BCUT2D eigenvalue weighted by molar-refractivity contribution is 9.10. The summed E-state index contributed by atoms with van der Waals surface area (Å²) >= 11 is 3.23. The van der Waals surface area contributed by atoms with E-state index in [1.807, 2.05) is 0 Å². The first-order valence-corrected chi connectivity index (χ1v) is 7.20. The fraction of sp³-hybridized carbons (Fsp3) is 0.417. The topological polar surface area (TPSA) is 59.7 Å². The summed E-state index contributed by atoms with van der Waals surface area (Å²) in [5, 5.41) is 1.04. The SMILES string of the molecule is O=C(ON1CCCC1c1cn2cc(Br)ncc2n1)C(F)(F)F. The number of halogens is 4. The molecule has 0 amide bonds. The maximum absolute atomic E-state index is 12.3. The molecule has 6 nitrogen and oxygen atoms in total. The van der Waals surface area contributed by atoms with Crippen LogP contribution in [0.1, 0.15) is 24.6 Å². The average molecular weight is 379 g/mol. The van der Waals surface area contributed by atoms with E-state index in [1.165, 1.54) is 6.20 Å². The van der Waals surface area contributed by atoms with E-state index in [0.29, 0.717) is 28.8 Å². The Hall–Kier alpha value is -1.68. The van der Waals surface area contributed by atoms with Crippen LogP contribution in [0.2, 0.25) is 0 Å². The van der Waals surface area contributed by atoms with Gasteiger partial charge in [-0.1, -0.05) is 0 Å². The maximum Gasteiger partial charge on any atom is 0.492 e. The molecule has 0 spiro atoms. The molecular formula is C12H10BrF3N4O2. The molecule has 3 heterocycles. The molecule has 22 heavy (non-hydrogen) atoms. The van der Waals surface area contributed by atoms with Crippen molar-refractivity contribution in [3.8, 4) is 0 Å². The molecule has 1 fully saturated rings. The summed E-state index contributed by atoms with van der Waals surface area (Å²) in [4.78, 5) is 23.8. The lowest BCUT2D eigenvalue weighted by Gasteiger charge is -2.21. The highest BCUT2D eigenvalue weighted by atomic mass is 79.9. The van der Waals surface area contributed by atoms with E-state index in [9.17, 15) is 18.0 Å². The van der Waals surface area contributed by atoms with E-state index < -0.39 is 18.2 Å². The zero-order valence-electron chi connectivity index (χ0n) is 11.0. The van der Waals surface area contributed by atoms with Gasteiger partial charge in [0.1, 0.15) is 4.60 Å². The van der Waals surface area contributed by atoms with Crippen LogP contribution in [0.4, 0.5) is 13.2 Å². The first-order valence-electron chi connectivity index (χ1n) is 6.40. The van der Waals surface area contributed by atoms with Gasteiger partial charge in [0.15, 0.2) is 5.65 Å². The first-order chi connectivity index (χ1) is 10.3. The van der Waals surface area contributed by atoms with Gasteiger partial charge in [-0.2, -0.15) is 13.2 Å². The maximum atomic E-state index is 12.3. The number of fused-ring (bicyclic) bond motifs is 1. The molecule has 1 saturated heterocycles. The minimum atomic E-state index is -5.01. The van der Waals surface area contributed by atoms with Gasteiger partial charge in [-0.3, -0.25) is 0 Å². The Morgan fingerprint density at radius 1 is 1.41 bits per heavy atom. The zero-order chi connectivity index (χ0) is 15.9. The molecule has 0 aromatic carbocycles. The number of hydrogen-bond acceptors (Lipinski definition) is 5. The number of rotatable bonds is 2. The highest BCUT2D eigenvalue weighted by Crippen LogP contribution is 2.33. The normalized spacial score (nSPS) is 19.7. The fourth-order valence-corrected chi connectivity index (χ4v) is 2.68. The molecule has 1 unspecified atom stereocenters. The Kier molecular flexibility index (Phi) is 3.81. The summed E-state index contributed by atoms with van der Waals surface area (Å²) in [6, 6.07) is -0.495. The Morgan fingerprint density at radius 2 is 2.18 bits per heavy atom. The average Bonchev–Trinajstić information content (AvgIpc) is 3.02. The summed E-state index contributed by atoms with van der Waals surface area (Å²) in [6.07, 6.45) is 1.07. The largest absolute Gasteiger partial charge is 0.492 e. The van der Waals surface area contributed by atoms with Crippen molar-refractivity contribution in [3.05, 3.63) is 28.9 Å². The summed E-state index contributed by atoms with van der Waals surface area (Å²) in [5.74, 6) is -2.22. The molecule has 0 N–H and O–H groups in total. The number of hydrogen-bond donors (Lipinski definition) is 0. The van der Waals surface area contributed by atoms with Crippen LogP contribution >= 0.6 is 15.9 Å². The van der Waals surface area contributed by atoms with Crippen LogP contribution in [-0.2, 0) is 9.63 Å². The lowest BCUT2D eigenvalue weighted by Crippen LogP contribution is -2.34. The van der Waals surface area contributed by atoms with E-state index in [2.05, 4.69) is 30.7 Å². The van der Waals surface area contributed by atoms with Crippen LogP contribution in [0.25, 0.3) is 5.65 Å². The van der Waals surface area contributed by atoms with E-state index in [1.54, 1.807) is 16.8 Å². The monoisotopic (exact) mass is 378 g/mol. The van der Waals surface area contributed by atoms with E-state index in [4.69, 9.17) is 0 Å². The summed E-state index contributed by atoms with van der Waals surface area (Å²) in [5.41, 5.74) is 1.10. The summed E-state index contributed by atoms with van der Waals surface area (Å²) in [7, 11) is 0. The number of alkyl halides is 3. The molecule has 1 aliphatic heterocycles. The number of aromatic nitrogens is 3. The number of carbonyl (C=O) groups excluding carboxylic acids is 1.